The molecule has 2 rings (SSSR count). The number of carbonyl (C=O) groups is 3. The van der Waals surface area contributed by atoms with Gasteiger partial charge in [0.05, 0.1) is 6.54 Å². The van der Waals surface area contributed by atoms with E-state index in [0.717, 1.165) is 12.0 Å². The minimum absolute atomic E-state index is 0.212. The van der Waals surface area contributed by atoms with Gasteiger partial charge in [0.15, 0.2) is 0 Å². The highest BCUT2D eigenvalue weighted by atomic mass is 16.2. The minimum atomic E-state index is -0.750. The molecule has 0 bridgehead atoms. The number of aryl methyl sites for hydroxylation is 1. The van der Waals surface area contributed by atoms with E-state index in [1.807, 2.05) is 30.3 Å². The highest BCUT2D eigenvalue weighted by Gasteiger charge is 2.18. The molecule has 0 saturated heterocycles. The molecule has 26 heavy (non-hydrogen) atoms. The molecule has 0 aliphatic heterocycles. The molecule has 4 N–H and O–H groups in total. The first kappa shape index (κ1) is 19.2. The molecule has 0 radical (unpaired) electrons. The molecule has 136 valence electrons. The number of nitrogens with one attached hydrogen (secondary N) is 2. The summed E-state index contributed by atoms with van der Waals surface area (Å²) in [6, 6.07) is 17.7. The number of amides is 3. The van der Waals surface area contributed by atoms with Crippen LogP contribution in [0.15, 0.2) is 60.7 Å². The minimum Gasteiger partial charge on any atom is -0.368 e. The lowest BCUT2D eigenvalue weighted by Gasteiger charge is -2.15. The van der Waals surface area contributed by atoms with E-state index in [2.05, 4.69) is 10.6 Å². The smallest absolute Gasteiger partial charge is 0.251 e. The molecule has 2 aromatic rings. The van der Waals surface area contributed by atoms with Gasteiger partial charge >= 0.3 is 0 Å². The number of hydrogen-bond acceptors (Lipinski definition) is 3. The summed E-state index contributed by atoms with van der Waals surface area (Å²) in [5.74, 6) is -1.38. The number of benzene rings is 2. The third-order valence-electron chi connectivity index (χ3n) is 3.93. The van der Waals surface area contributed by atoms with Gasteiger partial charge in [-0.2, -0.15) is 0 Å². The second-order valence-corrected chi connectivity index (χ2v) is 5.95. The van der Waals surface area contributed by atoms with Gasteiger partial charge in [0.1, 0.15) is 6.04 Å². The standard InChI is InChI=1S/C20H23N3O3/c21-19(25)17(13-7-10-15-8-3-1-4-9-15)23-18(24)14-22-20(26)16-11-5-2-6-12-16/h1-6,8-9,11-12,17H,7,10,13-14H2,(H2,21,25)(H,22,26)(H,23,24)/t17-/m1/s1. The van der Waals surface area contributed by atoms with Crippen molar-refractivity contribution in [3.63, 3.8) is 0 Å². The van der Waals surface area contributed by atoms with Gasteiger partial charge in [-0.1, -0.05) is 48.5 Å². The Balaban J connectivity index is 1.76. The maximum Gasteiger partial charge on any atom is 0.251 e. The van der Waals surface area contributed by atoms with E-state index in [9.17, 15) is 14.4 Å². The van der Waals surface area contributed by atoms with Gasteiger partial charge in [-0.25, -0.2) is 0 Å². The molecule has 1 atom stereocenters. The van der Waals surface area contributed by atoms with Crippen molar-refractivity contribution in [1.29, 1.82) is 0 Å². The Morgan fingerprint density at radius 1 is 0.923 bits per heavy atom. The molecular weight excluding hydrogens is 330 g/mol. The van der Waals surface area contributed by atoms with Crippen LogP contribution in [0.25, 0.3) is 0 Å². The predicted octanol–water partition coefficient (Wildman–Crippen LogP) is 1.41. The van der Waals surface area contributed by atoms with Crippen molar-refractivity contribution in [2.75, 3.05) is 6.54 Å². The van der Waals surface area contributed by atoms with Crippen molar-refractivity contribution in [1.82, 2.24) is 10.6 Å². The number of carbonyl (C=O) groups excluding carboxylic acids is 3. The Kier molecular flexibility index (Phi) is 7.36. The first-order valence-corrected chi connectivity index (χ1v) is 8.52. The average molecular weight is 353 g/mol. The van der Waals surface area contributed by atoms with E-state index in [4.69, 9.17) is 5.73 Å². The largest absolute Gasteiger partial charge is 0.368 e. The van der Waals surface area contributed by atoms with Crippen LogP contribution in [0.3, 0.4) is 0 Å². The molecule has 3 amide bonds. The van der Waals surface area contributed by atoms with Crippen molar-refractivity contribution in [3.8, 4) is 0 Å². The van der Waals surface area contributed by atoms with Crippen molar-refractivity contribution < 1.29 is 14.4 Å². The fraction of sp³-hybridized carbons (Fsp3) is 0.250. The monoisotopic (exact) mass is 353 g/mol. The van der Waals surface area contributed by atoms with E-state index < -0.39 is 17.9 Å². The summed E-state index contributed by atoms with van der Waals surface area (Å²) in [4.78, 5) is 35.5. The predicted molar refractivity (Wildman–Crippen MR) is 99.3 cm³/mol. The summed E-state index contributed by atoms with van der Waals surface area (Å²) >= 11 is 0. The maximum absolute atomic E-state index is 12.0. The van der Waals surface area contributed by atoms with E-state index >= 15 is 0 Å². The third-order valence-corrected chi connectivity index (χ3v) is 3.93. The average Bonchev–Trinajstić information content (AvgIpc) is 2.66. The molecule has 0 aromatic heterocycles. The van der Waals surface area contributed by atoms with E-state index in [1.165, 1.54) is 0 Å². The molecular formula is C20H23N3O3. The van der Waals surface area contributed by atoms with Crippen LogP contribution in [-0.4, -0.2) is 30.3 Å². The number of primary amides is 1. The molecule has 6 nitrogen and oxygen atoms in total. The van der Waals surface area contributed by atoms with Gasteiger partial charge in [0.25, 0.3) is 5.91 Å². The Hall–Kier alpha value is -3.15. The molecule has 0 spiro atoms. The van der Waals surface area contributed by atoms with Gasteiger partial charge in [0.2, 0.25) is 11.8 Å². The molecule has 2 aromatic carbocycles. The van der Waals surface area contributed by atoms with Crippen LogP contribution in [0.5, 0.6) is 0 Å². The zero-order valence-electron chi connectivity index (χ0n) is 14.5. The van der Waals surface area contributed by atoms with Crippen molar-refractivity contribution in [2.45, 2.75) is 25.3 Å². The van der Waals surface area contributed by atoms with Gasteiger partial charge in [-0.3, -0.25) is 14.4 Å². The van der Waals surface area contributed by atoms with Crippen molar-refractivity contribution in [3.05, 3.63) is 71.8 Å². The van der Waals surface area contributed by atoms with Crippen LogP contribution in [-0.2, 0) is 16.0 Å². The Morgan fingerprint density at radius 3 is 2.15 bits per heavy atom. The normalized spacial score (nSPS) is 11.4. The van der Waals surface area contributed by atoms with Crippen molar-refractivity contribution in [2.24, 2.45) is 5.73 Å². The second-order valence-electron chi connectivity index (χ2n) is 5.95. The van der Waals surface area contributed by atoms with Crippen LogP contribution in [0.4, 0.5) is 0 Å². The molecule has 6 heteroatoms. The van der Waals surface area contributed by atoms with Gasteiger partial charge in [-0.05, 0) is 37.0 Å². The Morgan fingerprint density at radius 2 is 1.54 bits per heavy atom. The Labute approximate surface area is 152 Å². The van der Waals surface area contributed by atoms with Gasteiger partial charge in [0, 0.05) is 5.56 Å². The maximum atomic E-state index is 12.0. The Bertz CT molecular complexity index is 732. The van der Waals surface area contributed by atoms with E-state index in [0.29, 0.717) is 18.4 Å². The number of hydrogen-bond donors (Lipinski definition) is 3. The zero-order valence-corrected chi connectivity index (χ0v) is 14.5. The fourth-order valence-corrected chi connectivity index (χ4v) is 2.54. The van der Waals surface area contributed by atoms with Crippen LogP contribution >= 0.6 is 0 Å². The summed E-state index contributed by atoms with van der Waals surface area (Å²) in [5.41, 5.74) is 7.00. The van der Waals surface area contributed by atoms with Crippen LogP contribution in [0, 0.1) is 0 Å². The lowest BCUT2D eigenvalue weighted by Crippen LogP contribution is -2.47. The summed E-state index contributed by atoms with van der Waals surface area (Å²) in [6.07, 6.45) is 1.96. The molecule has 0 saturated carbocycles. The quantitative estimate of drug-likeness (QED) is 0.635. The van der Waals surface area contributed by atoms with Crippen LogP contribution in [0.1, 0.15) is 28.8 Å². The summed E-state index contributed by atoms with van der Waals surface area (Å²) in [7, 11) is 0. The molecule has 0 aliphatic rings. The SMILES string of the molecule is NC(=O)[C@@H](CCCc1ccccc1)NC(=O)CNC(=O)c1ccccc1. The van der Waals surface area contributed by atoms with Gasteiger partial charge in [-0.15, -0.1) is 0 Å². The lowest BCUT2D eigenvalue weighted by atomic mass is 10.0. The first-order valence-electron chi connectivity index (χ1n) is 8.52. The molecule has 0 heterocycles. The highest BCUT2D eigenvalue weighted by Crippen LogP contribution is 2.06. The van der Waals surface area contributed by atoms with Crippen LogP contribution in [0.2, 0.25) is 0 Å². The molecule has 0 aliphatic carbocycles. The topological polar surface area (TPSA) is 101 Å². The van der Waals surface area contributed by atoms with E-state index in [-0.39, 0.29) is 12.5 Å². The van der Waals surface area contributed by atoms with Crippen LogP contribution < -0.4 is 16.4 Å². The molecule has 0 fully saturated rings. The third kappa shape index (κ3) is 6.39. The number of nitrogens with two attached hydrogens (primary N) is 1. The summed E-state index contributed by atoms with van der Waals surface area (Å²) < 4.78 is 0. The lowest BCUT2D eigenvalue weighted by molar-refractivity contribution is -0.126. The summed E-state index contributed by atoms with van der Waals surface area (Å²) in [6.45, 7) is -0.212. The summed E-state index contributed by atoms with van der Waals surface area (Å²) in [5, 5.41) is 5.10. The second kappa shape index (κ2) is 9.98. The number of rotatable bonds is 9. The zero-order chi connectivity index (χ0) is 18.8. The van der Waals surface area contributed by atoms with Gasteiger partial charge < -0.3 is 16.4 Å². The van der Waals surface area contributed by atoms with Crippen molar-refractivity contribution >= 4 is 17.7 Å². The fourth-order valence-electron chi connectivity index (χ4n) is 2.54. The highest BCUT2D eigenvalue weighted by molar-refractivity contribution is 5.97. The first-order chi connectivity index (χ1) is 12.6. The van der Waals surface area contributed by atoms with E-state index in [1.54, 1.807) is 30.3 Å². The molecule has 0 unspecified atom stereocenters.